The Morgan fingerprint density at radius 1 is 1.15 bits per heavy atom. The highest BCUT2D eigenvalue weighted by Crippen LogP contribution is 2.39. The molecule has 0 radical (unpaired) electrons. The first-order chi connectivity index (χ1) is 6.29. The van der Waals surface area contributed by atoms with Crippen LogP contribution < -0.4 is 5.73 Å². The molecule has 0 aromatic carbocycles. The van der Waals surface area contributed by atoms with Gasteiger partial charge in [-0.15, -0.1) is 0 Å². The van der Waals surface area contributed by atoms with Crippen LogP contribution in [0.5, 0.6) is 0 Å². The molecule has 2 fully saturated rings. The van der Waals surface area contributed by atoms with E-state index in [1.165, 1.54) is 44.9 Å². The highest BCUT2D eigenvalue weighted by atomic mass is 14.7. The third-order valence-electron chi connectivity index (χ3n) is 4.07. The fourth-order valence-corrected chi connectivity index (χ4v) is 2.80. The van der Waals surface area contributed by atoms with E-state index in [1.807, 2.05) is 0 Å². The van der Waals surface area contributed by atoms with Crippen molar-refractivity contribution in [2.45, 2.75) is 57.9 Å². The Balaban J connectivity index is 1.73. The maximum atomic E-state index is 6.24. The SMILES string of the molecule is CCC1CCC(C(N)CC2CC2)C1. The van der Waals surface area contributed by atoms with Gasteiger partial charge in [-0.3, -0.25) is 0 Å². The summed E-state index contributed by atoms with van der Waals surface area (Å²) in [6.45, 7) is 2.32. The van der Waals surface area contributed by atoms with Crippen LogP contribution in [0.15, 0.2) is 0 Å². The van der Waals surface area contributed by atoms with Gasteiger partial charge in [-0.05, 0) is 37.0 Å². The van der Waals surface area contributed by atoms with Crippen molar-refractivity contribution in [3.8, 4) is 0 Å². The normalized spacial score (nSPS) is 36.5. The Morgan fingerprint density at radius 2 is 1.85 bits per heavy atom. The Labute approximate surface area is 82.1 Å². The first kappa shape index (κ1) is 9.51. The molecule has 0 aromatic heterocycles. The summed E-state index contributed by atoms with van der Waals surface area (Å²) < 4.78 is 0. The minimum absolute atomic E-state index is 0.532. The van der Waals surface area contributed by atoms with Crippen LogP contribution in [0.1, 0.15) is 51.9 Å². The summed E-state index contributed by atoms with van der Waals surface area (Å²) in [6, 6.07) is 0.532. The van der Waals surface area contributed by atoms with Gasteiger partial charge in [0.1, 0.15) is 0 Å². The van der Waals surface area contributed by atoms with E-state index in [4.69, 9.17) is 5.73 Å². The summed E-state index contributed by atoms with van der Waals surface area (Å²) in [6.07, 6.45) is 9.87. The van der Waals surface area contributed by atoms with Crippen LogP contribution in [0.25, 0.3) is 0 Å². The molecule has 2 saturated carbocycles. The van der Waals surface area contributed by atoms with Crippen LogP contribution in [0, 0.1) is 17.8 Å². The van der Waals surface area contributed by atoms with Gasteiger partial charge in [-0.1, -0.05) is 32.6 Å². The summed E-state index contributed by atoms with van der Waals surface area (Å²) in [5.41, 5.74) is 6.24. The van der Waals surface area contributed by atoms with Gasteiger partial charge in [0.15, 0.2) is 0 Å². The van der Waals surface area contributed by atoms with Crippen LogP contribution in [0.3, 0.4) is 0 Å². The summed E-state index contributed by atoms with van der Waals surface area (Å²) in [4.78, 5) is 0. The van der Waals surface area contributed by atoms with Crippen LogP contribution >= 0.6 is 0 Å². The number of rotatable bonds is 4. The van der Waals surface area contributed by atoms with Crippen LogP contribution in [0.4, 0.5) is 0 Å². The maximum Gasteiger partial charge on any atom is 0.00699 e. The van der Waals surface area contributed by atoms with Crippen molar-refractivity contribution in [2.75, 3.05) is 0 Å². The van der Waals surface area contributed by atoms with E-state index in [0.717, 1.165) is 17.8 Å². The molecule has 2 N–H and O–H groups in total. The molecule has 76 valence electrons. The lowest BCUT2D eigenvalue weighted by Crippen LogP contribution is -2.29. The van der Waals surface area contributed by atoms with Gasteiger partial charge >= 0.3 is 0 Å². The second-order valence-corrected chi connectivity index (χ2v) is 5.19. The molecular weight excluding hydrogens is 158 g/mol. The average Bonchev–Trinajstić information content (AvgIpc) is 2.82. The van der Waals surface area contributed by atoms with E-state index in [0.29, 0.717) is 6.04 Å². The third kappa shape index (κ3) is 2.46. The van der Waals surface area contributed by atoms with E-state index < -0.39 is 0 Å². The van der Waals surface area contributed by atoms with Gasteiger partial charge in [0.05, 0.1) is 0 Å². The van der Waals surface area contributed by atoms with Crippen molar-refractivity contribution in [1.82, 2.24) is 0 Å². The predicted molar refractivity (Wildman–Crippen MR) is 56.4 cm³/mol. The van der Waals surface area contributed by atoms with Crippen molar-refractivity contribution in [1.29, 1.82) is 0 Å². The summed E-state index contributed by atoms with van der Waals surface area (Å²) in [5, 5.41) is 0. The molecule has 1 heteroatoms. The number of hydrogen-bond donors (Lipinski definition) is 1. The summed E-state index contributed by atoms with van der Waals surface area (Å²) in [7, 11) is 0. The molecule has 13 heavy (non-hydrogen) atoms. The smallest absolute Gasteiger partial charge is 0.00699 e. The molecule has 2 rings (SSSR count). The molecule has 2 aliphatic carbocycles. The van der Waals surface area contributed by atoms with Crippen LogP contribution in [-0.4, -0.2) is 6.04 Å². The Bertz CT molecular complexity index is 163. The largest absolute Gasteiger partial charge is 0.327 e. The lowest BCUT2D eigenvalue weighted by molar-refractivity contribution is 0.377. The first-order valence-corrected chi connectivity index (χ1v) is 6.05. The van der Waals surface area contributed by atoms with Gasteiger partial charge in [-0.2, -0.15) is 0 Å². The lowest BCUT2D eigenvalue weighted by Gasteiger charge is -2.18. The fourth-order valence-electron chi connectivity index (χ4n) is 2.80. The van der Waals surface area contributed by atoms with Gasteiger partial charge in [0.2, 0.25) is 0 Å². The van der Waals surface area contributed by atoms with Gasteiger partial charge in [0, 0.05) is 6.04 Å². The predicted octanol–water partition coefficient (Wildman–Crippen LogP) is 2.94. The molecule has 0 amide bonds. The van der Waals surface area contributed by atoms with Crippen molar-refractivity contribution in [3.05, 3.63) is 0 Å². The monoisotopic (exact) mass is 181 g/mol. The van der Waals surface area contributed by atoms with Crippen molar-refractivity contribution in [3.63, 3.8) is 0 Å². The average molecular weight is 181 g/mol. The molecule has 1 nitrogen and oxygen atoms in total. The van der Waals surface area contributed by atoms with E-state index in [2.05, 4.69) is 6.92 Å². The molecule has 3 unspecified atom stereocenters. The minimum atomic E-state index is 0.532. The van der Waals surface area contributed by atoms with Crippen molar-refractivity contribution in [2.24, 2.45) is 23.5 Å². The van der Waals surface area contributed by atoms with Gasteiger partial charge in [-0.25, -0.2) is 0 Å². The molecule has 0 aromatic rings. The minimum Gasteiger partial charge on any atom is -0.327 e. The molecule has 0 bridgehead atoms. The zero-order chi connectivity index (χ0) is 9.26. The summed E-state index contributed by atoms with van der Waals surface area (Å²) >= 11 is 0. The maximum absolute atomic E-state index is 6.24. The van der Waals surface area contributed by atoms with Crippen molar-refractivity contribution >= 4 is 0 Å². The standard InChI is InChI=1S/C12H23N/c1-2-9-5-6-11(7-9)12(13)8-10-3-4-10/h9-12H,2-8,13H2,1H3. The second kappa shape index (κ2) is 4.00. The molecule has 0 heterocycles. The Morgan fingerprint density at radius 3 is 2.38 bits per heavy atom. The number of hydrogen-bond acceptors (Lipinski definition) is 1. The zero-order valence-electron chi connectivity index (χ0n) is 8.84. The second-order valence-electron chi connectivity index (χ2n) is 5.19. The topological polar surface area (TPSA) is 26.0 Å². The fraction of sp³-hybridized carbons (Fsp3) is 1.00. The third-order valence-corrected chi connectivity index (χ3v) is 4.07. The zero-order valence-corrected chi connectivity index (χ0v) is 8.84. The molecular formula is C12H23N. The van der Waals surface area contributed by atoms with Crippen LogP contribution in [-0.2, 0) is 0 Å². The van der Waals surface area contributed by atoms with Crippen molar-refractivity contribution < 1.29 is 0 Å². The Kier molecular flexibility index (Phi) is 2.92. The van der Waals surface area contributed by atoms with E-state index in [9.17, 15) is 0 Å². The summed E-state index contributed by atoms with van der Waals surface area (Å²) in [5.74, 6) is 2.87. The quantitative estimate of drug-likeness (QED) is 0.709. The van der Waals surface area contributed by atoms with E-state index in [1.54, 1.807) is 0 Å². The molecule has 3 atom stereocenters. The van der Waals surface area contributed by atoms with E-state index in [-0.39, 0.29) is 0 Å². The Hall–Kier alpha value is -0.0400. The number of nitrogens with two attached hydrogens (primary N) is 1. The first-order valence-electron chi connectivity index (χ1n) is 6.05. The highest BCUT2D eigenvalue weighted by Gasteiger charge is 2.31. The molecule has 2 aliphatic rings. The molecule has 0 spiro atoms. The molecule has 0 saturated heterocycles. The molecule has 0 aliphatic heterocycles. The highest BCUT2D eigenvalue weighted by molar-refractivity contribution is 4.86. The lowest BCUT2D eigenvalue weighted by atomic mass is 9.93. The van der Waals surface area contributed by atoms with Gasteiger partial charge < -0.3 is 5.73 Å². The van der Waals surface area contributed by atoms with E-state index >= 15 is 0 Å². The van der Waals surface area contributed by atoms with Crippen LogP contribution in [0.2, 0.25) is 0 Å². The van der Waals surface area contributed by atoms with Gasteiger partial charge in [0.25, 0.3) is 0 Å².